The minimum absolute atomic E-state index is 0.0948. The molecule has 0 bridgehead atoms. The van der Waals surface area contributed by atoms with Crippen LogP contribution in [0.5, 0.6) is 5.75 Å². The number of likely N-dealkylation sites (tertiary alicyclic amines) is 1. The van der Waals surface area contributed by atoms with Crippen molar-refractivity contribution < 1.29 is 17.9 Å². The molecule has 1 atom stereocenters. The number of benzene rings is 3. The van der Waals surface area contributed by atoms with Crippen LogP contribution in [0.15, 0.2) is 77.7 Å². The van der Waals surface area contributed by atoms with Crippen LogP contribution >= 0.6 is 11.6 Å². The molecule has 2 heterocycles. The lowest BCUT2D eigenvalue weighted by Gasteiger charge is -2.34. The van der Waals surface area contributed by atoms with Crippen LogP contribution < -0.4 is 14.4 Å². The molecule has 0 spiro atoms. The van der Waals surface area contributed by atoms with Gasteiger partial charge in [-0.15, -0.1) is 0 Å². The summed E-state index contributed by atoms with van der Waals surface area (Å²) in [6, 6.07) is 21.0. The molecule has 0 aliphatic carbocycles. The highest BCUT2D eigenvalue weighted by molar-refractivity contribution is 7.92. The number of nitrogens with one attached hydrogen (secondary N) is 1. The van der Waals surface area contributed by atoms with Gasteiger partial charge in [0.05, 0.1) is 17.1 Å². The second kappa shape index (κ2) is 11.1. The van der Waals surface area contributed by atoms with Crippen LogP contribution in [0.25, 0.3) is 0 Å². The maximum atomic E-state index is 13.5. The number of amides is 1. The van der Waals surface area contributed by atoms with E-state index < -0.39 is 16.1 Å². The summed E-state index contributed by atoms with van der Waals surface area (Å²) in [6.07, 6.45) is 2.85. The summed E-state index contributed by atoms with van der Waals surface area (Å²) in [5.41, 5.74) is 2.62. The Morgan fingerprint density at radius 2 is 1.59 bits per heavy atom. The van der Waals surface area contributed by atoms with Crippen molar-refractivity contribution in [3.63, 3.8) is 0 Å². The Balaban J connectivity index is 1.26. The normalized spacial score (nSPS) is 18.1. The lowest BCUT2D eigenvalue weighted by atomic mass is 10.1. The molecule has 9 heteroatoms. The molecule has 0 radical (unpaired) electrons. The minimum Gasteiger partial charge on any atom is -0.476 e. The number of carbonyl (C=O) groups excluding carboxylic acids is 1. The van der Waals surface area contributed by atoms with E-state index >= 15 is 0 Å². The van der Waals surface area contributed by atoms with E-state index in [9.17, 15) is 13.2 Å². The van der Waals surface area contributed by atoms with Gasteiger partial charge in [-0.25, -0.2) is 8.42 Å². The smallest absolute Gasteiger partial charge is 0.264 e. The highest BCUT2D eigenvalue weighted by atomic mass is 35.5. The van der Waals surface area contributed by atoms with Crippen molar-refractivity contribution in [1.82, 2.24) is 10.2 Å². The van der Waals surface area contributed by atoms with Crippen molar-refractivity contribution in [1.29, 1.82) is 0 Å². The first-order chi connectivity index (χ1) is 17.9. The van der Waals surface area contributed by atoms with E-state index in [1.807, 2.05) is 12.1 Å². The molecule has 37 heavy (non-hydrogen) atoms. The molecule has 0 aromatic heterocycles. The second-order valence-corrected chi connectivity index (χ2v) is 11.7. The molecular weight excluding hydrogens is 510 g/mol. The van der Waals surface area contributed by atoms with Crippen LogP contribution in [0.1, 0.15) is 30.4 Å². The zero-order valence-corrected chi connectivity index (χ0v) is 22.0. The SMILES string of the molecule is O=C(NCc1ccc(CN2CCCCC2)cc1)[C@H]1CN(S(=O)(=O)c2ccc(Cl)cc2)c2ccccc2O1. The van der Waals surface area contributed by atoms with Crippen molar-refractivity contribution in [3.05, 3.63) is 88.9 Å². The Kier molecular flexibility index (Phi) is 7.69. The highest BCUT2D eigenvalue weighted by Gasteiger charge is 2.37. The molecule has 1 N–H and O–H groups in total. The molecule has 2 aliphatic rings. The van der Waals surface area contributed by atoms with Crippen LogP contribution in [0.3, 0.4) is 0 Å². The first-order valence-electron chi connectivity index (χ1n) is 12.5. The number of fused-ring (bicyclic) bond motifs is 1. The summed E-state index contributed by atoms with van der Waals surface area (Å²) >= 11 is 5.95. The van der Waals surface area contributed by atoms with Gasteiger partial charge in [0.25, 0.3) is 15.9 Å². The Bertz CT molecular complexity index is 1340. The van der Waals surface area contributed by atoms with Gasteiger partial charge in [-0.1, -0.05) is 54.4 Å². The number of piperidine rings is 1. The quantitative estimate of drug-likeness (QED) is 0.475. The van der Waals surface area contributed by atoms with Gasteiger partial charge in [0.1, 0.15) is 5.75 Å². The largest absolute Gasteiger partial charge is 0.476 e. The summed E-state index contributed by atoms with van der Waals surface area (Å²) < 4.78 is 34.1. The minimum atomic E-state index is -3.93. The third-order valence-electron chi connectivity index (χ3n) is 6.77. The molecule has 5 rings (SSSR count). The molecule has 3 aromatic rings. The first-order valence-corrected chi connectivity index (χ1v) is 14.3. The monoisotopic (exact) mass is 539 g/mol. The molecule has 194 valence electrons. The van der Waals surface area contributed by atoms with E-state index in [1.54, 1.807) is 24.3 Å². The van der Waals surface area contributed by atoms with Crippen LogP contribution in [-0.2, 0) is 27.9 Å². The number of hydrogen-bond donors (Lipinski definition) is 1. The average Bonchev–Trinajstić information content (AvgIpc) is 2.92. The second-order valence-electron chi connectivity index (χ2n) is 9.44. The highest BCUT2D eigenvalue weighted by Crippen LogP contribution is 2.37. The fraction of sp³-hybridized carbons (Fsp3) is 0.321. The fourth-order valence-corrected chi connectivity index (χ4v) is 6.34. The molecule has 0 unspecified atom stereocenters. The summed E-state index contributed by atoms with van der Waals surface area (Å²) in [6.45, 7) is 3.43. The predicted molar refractivity (Wildman–Crippen MR) is 144 cm³/mol. The zero-order valence-electron chi connectivity index (χ0n) is 20.5. The number of ether oxygens (including phenoxy) is 1. The van der Waals surface area contributed by atoms with E-state index in [0.717, 1.165) is 25.2 Å². The molecule has 7 nitrogen and oxygen atoms in total. The lowest BCUT2D eigenvalue weighted by molar-refractivity contribution is -0.127. The van der Waals surface area contributed by atoms with Gasteiger partial charge < -0.3 is 10.1 Å². The summed E-state index contributed by atoms with van der Waals surface area (Å²) in [5, 5.41) is 3.35. The molecule has 0 saturated carbocycles. The van der Waals surface area contributed by atoms with E-state index in [1.165, 1.54) is 53.4 Å². The van der Waals surface area contributed by atoms with Gasteiger partial charge in [0, 0.05) is 18.1 Å². The molecule has 1 amide bonds. The van der Waals surface area contributed by atoms with Crippen LogP contribution in [0.4, 0.5) is 5.69 Å². The number of sulfonamides is 1. The van der Waals surface area contributed by atoms with Crippen molar-refractivity contribution in [2.75, 3.05) is 23.9 Å². The van der Waals surface area contributed by atoms with E-state index in [-0.39, 0.29) is 17.3 Å². The van der Waals surface area contributed by atoms with Crippen LogP contribution in [-0.4, -0.2) is 45.0 Å². The number of para-hydroxylation sites is 2. The Hall–Kier alpha value is -3.07. The van der Waals surface area contributed by atoms with Gasteiger partial charge in [-0.2, -0.15) is 0 Å². The Labute approximate surface area is 223 Å². The van der Waals surface area contributed by atoms with Crippen molar-refractivity contribution in [3.8, 4) is 5.75 Å². The number of nitrogens with zero attached hydrogens (tertiary/aromatic N) is 2. The summed E-state index contributed by atoms with van der Waals surface area (Å²) in [4.78, 5) is 15.7. The molecular formula is C28H30ClN3O4S. The number of carbonyl (C=O) groups is 1. The molecule has 1 saturated heterocycles. The van der Waals surface area contributed by atoms with E-state index in [4.69, 9.17) is 16.3 Å². The fourth-order valence-electron chi connectivity index (χ4n) is 4.74. The summed E-state index contributed by atoms with van der Waals surface area (Å²) in [5.74, 6) is -0.0308. The number of hydrogen-bond acceptors (Lipinski definition) is 5. The first kappa shape index (κ1) is 25.6. The molecule has 1 fully saturated rings. The van der Waals surface area contributed by atoms with Crippen molar-refractivity contribution in [2.45, 2.75) is 43.4 Å². The van der Waals surface area contributed by atoms with Crippen molar-refractivity contribution in [2.24, 2.45) is 0 Å². The topological polar surface area (TPSA) is 79.0 Å². The number of halogens is 1. The van der Waals surface area contributed by atoms with E-state index in [2.05, 4.69) is 22.3 Å². The Morgan fingerprint density at radius 3 is 2.32 bits per heavy atom. The maximum Gasteiger partial charge on any atom is 0.264 e. The average molecular weight is 540 g/mol. The lowest BCUT2D eigenvalue weighted by Crippen LogP contribution is -2.50. The van der Waals surface area contributed by atoms with Gasteiger partial charge in [0.15, 0.2) is 6.10 Å². The standard InChI is InChI=1S/C28H30ClN3O4S/c29-23-12-14-24(15-13-23)37(34,35)32-20-27(36-26-7-3-2-6-25(26)32)28(33)30-18-21-8-10-22(11-9-21)19-31-16-4-1-5-17-31/h2-3,6-15,27H,1,4-5,16-20H2,(H,30,33)/t27-/m1/s1. The van der Waals surface area contributed by atoms with Gasteiger partial charge in [-0.05, 0) is 73.5 Å². The zero-order chi connectivity index (χ0) is 25.8. The number of rotatable bonds is 7. The third-order valence-corrected chi connectivity index (χ3v) is 8.82. The summed E-state index contributed by atoms with van der Waals surface area (Å²) in [7, 11) is -3.93. The third kappa shape index (κ3) is 5.92. The maximum absolute atomic E-state index is 13.5. The van der Waals surface area contributed by atoms with Crippen LogP contribution in [0, 0.1) is 0 Å². The van der Waals surface area contributed by atoms with Gasteiger partial charge >= 0.3 is 0 Å². The van der Waals surface area contributed by atoms with Crippen molar-refractivity contribution >= 4 is 33.2 Å². The van der Waals surface area contributed by atoms with Crippen LogP contribution in [0.2, 0.25) is 5.02 Å². The molecule has 2 aliphatic heterocycles. The Morgan fingerprint density at radius 1 is 0.919 bits per heavy atom. The van der Waals surface area contributed by atoms with Gasteiger partial charge in [-0.3, -0.25) is 14.0 Å². The predicted octanol–water partition coefficient (Wildman–Crippen LogP) is 4.60. The molecule has 3 aromatic carbocycles. The van der Waals surface area contributed by atoms with E-state index in [0.29, 0.717) is 23.0 Å². The number of anilines is 1. The van der Waals surface area contributed by atoms with Gasteiger partial charge in [0.2, 0.25) is 0 Å².